The van der Waals surface area contributed by atoms with Gasteiger partial charge >= 0.3 is 0 Å². The topological polar surface area (TPSA) is 68.2 Å². The van der Waals surface area contributed by atoms with E-state index in [0.29, 0.717) is 48.0 Å². The zero-order valence-electron chi connectivity index (χ0n) is 35.5. The van der Waals surface area contributed by atoms with Gasteiger partial charge in [0.15, 0.2) is 0 Å². The highest BCUT2D eigenvalue weighted by Crippen LogP contribution is 2.49. The van der Waals surface area contributed by atoms with Gasteiger partial charge in [0.05, 0.1) is 20.3 Å². The summed E-state index contributed by atoms with van der Waals surface area (Å²) in [6, 6.07) is 59.5. The molecule has 0 aliphatic heterocycles. The molecule has 2 N–H and O–H groups in total. The maximum Gasteiger partial charge on any atom is 0.131 e. The molecule has 0 fully saturated rings. The predicted molar refractivity (Wildman–Crippen MR) is 260 cm³/mol. The van der Waals surface area contributed by atoms with Crippen molar-refractivity contribution in [1.29, 1.82) is 0 Å². The summed E-state index contributed by atoms with van der Waals surface area (Å²) in [6.45, 7) is 4.86. The van der Waals surface area contributed by atoms with E-state index in [1.165, 1.54) is 0 Å². The molecule has 10 rings (SSSR count). The molecule has 0 aliphatic carbocycles. The van der Waals surface area contributed by atoms with Crippen LogP contribution in [0.25, 0.3) is 87.6 Å². The number of phenols is 2. The normalized spacial score (nSPS) is 11.4. The van der Waals surface area contributed by atoms with E-state index in [1.54, 1.807) is 7.11 Å². The van der Waals surface area contributed by atoms with Crippen molar-refractivity contribution >= 4 is 43.1 Å². The van der Waals surface area contributed by atoms with E-state index in [-0.39, 0.29) is 11.5 Å². The van der Waals surface area contributed by atoms with E-state index in [1.807, 2.05) is 91.0 Å². The van der Waals surface area contributed by atoms with Crippen molar-refractivity contribution < 1.29 is 24.4 Å². The van der Waals surface area contributed by atoms with Crippen LogP contribution in [0.15, 0.2) is 176 Å². The summed E-state index contributed by atoms with van der Waals surface area (Å²) in [5, 5.41) is 33.2. The van der Waals surface area contributed by atoms with Crippen LogP contribution in [0.3, 0.4) is 0 Å². The number of hydrogen-bond acceptors (Lipinski definition) is 5. The van der Waals surface area contributed by atoms with Crippen LogP contribution in [0.5, 0.6) is 28.7 Å². The first-order valence-corrected chi connectivity index (χ1v) is 21.4. The minimum atomic E-state index is 0.177. The van der Waals surface area contributed by atoms with Gasteiger partial charge in [-0.15, -0.1) is 0 Å². The van der Waals surface area contributed by atoms with Gasteiger partial charge in [0, 0.05) is 50.9 Å². The first-order chi connectivity index (χ1) is 30.9. The molecule has 5 nitrogen and oxygen atoms in total. The molecule has 63 heavy (non-hydrogen) atoms. The van der Waals surface area contributed by atoms with E-state index < -0.39 is 0 Å². The average Bonchev–Trinajstić information content (AvgIpc) is 3.31. The molecule has 0 radical (unpaired) electrons. The first-order valence-electron chi connectivity index (χ1n) is 21.4. The summed E-state index contributed by atoms with van der Waals surface area (Å²) < 4.78 is 18.7. The number of aromatic hydroxyl groups is 2. The van der Waals surface area contributed by atoms with Gasteiger partial charge in [0.25, 0.3) is 0 Å². The largest absolute Gasteiger partial charge is 0.507 e. The van der Waals surface area contributed by atoms with E-state index in [9.17, 15) is 10.2 Å². The fourth-order valence-electron chi connectivity index (χ4n) is 9.17. The number of hydrogen-bond donors (Lipinski definition) is 2. The van der Waals surface area contributed by atoms with Crippen molar-refractivity contribution in [3.05, 3.63) is 187 Å². The number of para-hydroxylation sites is 1. The van der Waals surface area contributed by atoms with Crippen LogP contribution in [0, 0.1) is 13.8 Å². The molecule has 0 saturated carbocycles. The summed E-state index contributed by atoms with van der Waals surface area (Å²) in [5.41, 5.74) is 8.51. The highest BCUT2D eigenvalue weighted by molar-refractivity contribution is 6.15. The van der Waals surface area contributed by atoms with Crippen LogP contribution in [0.4, 0.5) is 0 Å². The number of rotatable bonds is 11. The highest BCUT2D eigenvalue weighted by atomic mass is 16.5. The third-order valence-corrected chi connectivity index (χ3v) is 12.0. The van der Waals surface area contributed by atoms with Crippen molar-refractivity contribution in [2.24, 2.45) is 0 Å². The summed E-state index contributed by atoms with van der Waals surface area (Å²) in [6.07, 6.45) is 0.583. The molecule has 0 amide bonds. The lowest BCUT2D eigenvalue weighted by atomic mass is 9.88. The summed E-state index contributed by atoms with van der Waals surface area (Å²) in [5.74, 6) is 2.35. The van der Waals surface area contributed by atoms with E-state index in [0.717, 1.165) is 87.6 Å². The monoisotopic (exact) mass is 822 g/mol. The molecule has 5 heteroatoms. The Bertz CT molecular complexity index is 3260. The first kappa shape index (κ1) is 39.4. The molecule has 0 heterocycles. The van der Waals surface area contributed by atoms with Gasteiger partial charge in [-0.05, 0) is 129 Å². The van der Waals surface area contributed by atoms with E-state index in [4.69, 9.17) is 14.2 Å². The lowest BCUT2D eigenvalue weighted by Gasteiger charge is -2.19. The Labute approximate surface area is 367 Å². The molecular weight excluding hydrogens is 777 g/mol. The number of aryl methyl sites for hydroxylation is 2. The fraction of sp³-hybridized carbons (Fsp3) is 0.103. The molecular formula is C58H46O5. The standard InChI is InChI=1S/C58H46O5/c1-36-29-49(57(59)51(31-36)55-43-19-8-4-15-38(43)33-39-16-5-9-20-44(39)55)47-23-12-13-24-53(47)62-27-14-28-63-54-26-25-42(61-3)35-48(54)50-30-37(2)32-52(58(50)60)56-45-21-10-6-17-40(45)34-41-18-7-11-22-46(41)56/h4-13,15-26,29-35,59-60H,14,27-28H2,1-3H3. The fourth-order valence-corrected chi connectivity index (χ4v) is 9.17. The number of phenolic OH excluding ortho intramolecular Hbond substituents is 2. The molecule has 308 valence electrons. The molecule has 0 atom stereocenters. The van der Waals surface area contributed by atoms with Crippen LogP contribution in [-0.4, -0.2) is 30.5 Å². The summed E-state index contributed by atoms with van der Waals surface area (Å²) in [4.78, 5) is 0. The second-order valence-electron chi connectivity index (χ2n) is 16.2. The van der Waals surface area contributed by atoms with E-state index >= 15 is 0 Å². The third kappa shape index (κ3) is 7.32. The van der Waals surface area contributed by atoms with E-state index in [2.05, 4.69) is 98.8 Å². The van der Waals surface area contributed by atoms with Crippen LogP contribution < -0.4 is 14.2 Å². The van der Waals surface area contributed by atoms with Gasteiger partial charge in [-0.3, -0.25) is 0 Å². The molecule has 0 unspecified atom stereocenters. The number of benzene rings is 10. The molecule has 0 bridgehead atoms. The molecule has 0 saturated heterocycles. The van der Waals surface area contributed by atoms with Crippen LogP contribution in [-0.2, 0) is 0 Å². The van der Waals surface area contributed by atoms with Crippen LogP contribution >= 0.6 is 0 Å². The predicted octanol–water partition coefficient (Wildman–Crippen LogP) is 14.9. The Balaban J connectivity index is 0.931. The van der Waals surface area contributed by atoms with Crippen molar-refractivity contribution in [3.8, 4) is 73.3 Å². The Hall–Kier alpha value is -7.76. The SMILES string of the molecule is COc1ccc(OCCCOc2ccccc2-c2cc(C)cc(-c3c4ccccc4cc4ccccc34)c2O)c(-c2cc(C)cc(-c3c4ccccc4cc4ccccc34)c2O)c1. The summed E-state index contributed by atoms with van der Waals surface area (Å²) >= 11 is 0. The Morgan fingerprint density at radius 1 is 0.381 bits per heavy atom. The second-order valence-corrected chi connectivity index (χ2v) is 16.2. The van der Waals surface area contributed by atoms with Crippen LogP contribution in [0.2, 0.25) is 0 Å². The maximum atomic E-state index is 12.3. The van der Waals surface area contributed by atoms with Gasteiger partial charge in [-0.2, -0.15) is 0 Å². The van der Waals surface area contributed by atoms with Gasteiger partial charge < -0.3 is 24.4 Å². The smallest absolute Gasteiger partial charge is 0.131 e. The van der Waals surface area contributed by atoms with Gasteiger partial charge in [0.1, 0.15) is 28.7 Å². The third-order valence-electron chi connectivity index (χ3n) is 12.0. The number of fused-ring (bicyclic) bond motifs is 4. The molecule has 10 aromatic rings. The maximum absolute atomic E-state index is 12.3. The minimum Gasteiger partial charge on any atom is -0.507 e. The van der Waals surface area contributed by atoms with Crippen molar-refractivity contribution in [3.63, 3.8) is 0 Å². The number of ether oxygens (including phenoxy) is 3. The lowest BCUT2D eigenvalue weighted by Crippen LogP contribution is -2.06. The van der Waals surface area contributed by atoms with Gasteiger partial charge in [0.2, 0.25) is 0 Å². The van der Waals surface area contributed by atoms with Crippen LogP contribution in [0.1, 0.15) is 17.5 Å². The summed E-state index contributed by atoms with van der Waals surface area (Å²) in [7, 11) is 1.64. The quantitative estimate of drug-likeness (QED) is 0.100. The Kier molecular flexibility index (Phi) is 10.4. The van der Waals surface area contributed by atoms with Gasteiger partial charge in [-0.1, -0.05) is 115 Å². The second kappa shape index (κ2) is 16.6. The zero-order valence-corrected chi connectivity index (χ0v) is 35.5. The molecule has 0 aromatic heterocycles. The van der Waals surface area contributed by atoms with Gasteiger partial charge in [-0.25, -0.2) is 0 Å². The van der Waals surface area contributed by atoms with Crippen molar-refractivity contribution in [1.82, 2.24) is 0 Å². The lowest BCUT2D eigenvalue weighted by molar-refractivity contribution is 0.248. The molecule has 10 aromatic carbocycles. The minimum absolute atomic E-state index is 0.177. The number of methoxy groups -OCH3 is 1. The average molecular weight is 823 g/mol. The zero-order chi connectivity index (χ0) is 43.0. The Morgan fingerprint density at radius 2 is 0.778 bits per heavy atom. The Morgan fingerprint density at radius 3 is 1.25 bits per heavy atom. The molecule has 0 spiro atoms. The van der Waals surface area contributed by atoms with Crippen molar-refractivity contribution in [2.45, 2.75) is 20.3 Å². The van der Waals surface area contributed by atoms with Crippen molar-refractivity contribution in [2.75, 3.05) is 20.3 Å². The highest BCUT2D eigenvalue weighted by Gasteiger charge is 2.22. The molecule has 0 aliphatic rings.